The Balaban J connectivity index is 1.65. The zero-order chi connectivity index (χ0) is 20.8. The first-order valence-corrected chi connectivity index (χ1v) is 10.2. The first-order valence-electron chi connectivity index (χ1n) is 9.31. The van der Waals surface area contributed by atoms with Gasteiger partial charge in [-0.2, -0.15) is 0 Å². The Morgan fingerprint density at radius 1 is 1.10 bits per heavy atom. The summed E-state index contributed by atoms with van der Waals surface area (Å²) in [5.74, 6) is 0.213. The molecule has 7 nitrogen and oxygen atoms in total. The maximum absolute atomic E-state index is 12.6. The second kappa shape index (κ2) is 9.38. The zero-order valence-corrected chi connectivity index (χ0v) is 17.1. The fourth-order valence-corrected chi connectivity index (χ4v) is 3.74. The van der Waals surface area contributed by atoms with E-state index in [1.165, 1.54) is 11.8 Å². The molecule has 0 aliphatic carbocycles. The highest BCUT2D eigenvalue weighted by atomic mass is 32.2. The van der Waals surface area contributed by atoms with Crippen LogP contribution in [0.3, 0.4) is 0 Å². The second-order valence-electron chi connectivity index (χ2n) is 6.50. The summed E-state index contributed by atoms with van der Waals surface area (Å²) >= 11 is 1.36. The molecule has 0 saturated heterocycles. The topological polar surface area (TPSA) is 103 Å². The molecule has 3 N–H and O–H groups in total. The molecule has 0 aliphatic heterocycles. The number of nitrogens with zero attached hydrogens (tertiary/aromatic N) is 3. The molecule has 0 bridgehead atoms. The fourth-order valence-electron chi connectivity index (χ4n) is 2.81. The average molecular weight is 410 g/mol. The minimum atomic E-state index is -0.503. The molecule has 1 heterocycles. The standard InChI is InChI=1S/C21H23N5O2S/c1-3-26-18(13-15-7-5-4-6-8-15)24-25-21(26)29-14(2)20(28)23-17-11-9-16(10-12-17)19(22)27/h4-12,14H,3,13H2,1-2H3,(H2,22,27)(H,23,28)/t14-/m1/s1. The van der Waals surface area contributed by atoms with Crippen molar-refractivity contribution in [2.75, 3.05) is 5.32 Å². The van der Waals surface area contributed by atoms with Gasteiger partial charge in [-0.25, -0.2) is 0 Å². The van der Waals surface area contributed by atoms with Crippen LogP contribution in [0.1, 0.15) is 35.6 Å². The number of aromatic nitrogens is 3. The van der Waals surface area contributed by atoms with Crippen LogP contribution in [0, 0.1) is 0 Å². The summed E-state index contributed by atoms with van der Waals surface area (Å²) in [5, 5.41) is 11.8. The van der Waals surface area contributed by atoms with Crippen LogP contribution in [0.15, 0.2) is 59.8 Å². The monoisotopic (exact) mass is 409 g/mol. The van der Waals surface area contributed by atoms with Crippen molar-refractivity contribution in [1.29, 1.82) is 0 Å². The molecule has 3 rings (SSSR count). The molecule has 0 aliphatic rings. The van der Waals surface area contributed by atoms with Crippen LogP contribution in [-0.2, 0) is 17.8 Å². The molecule has 0 fully saturated rings. The molecule has 2 amide bonds. The number of thioether (sulfide) groups is 1. The molecule has 8 heteroatoms. The largest absolute Gasteiger partial charge is 0.366 e. The number of benzene rings is 2. The number of nitrogens with one attached hydrogen (secondary N) is 1. The normalized spacial score (nSPS) is 11.8. The number of anilines is 1. The van der Waals surface area contributed by atoms with Crippen molar-refractivity contribution in [2.45, 2.75) is 37.2 Å². The third-order valence-corrected chi connectivity index (χ3v) is 5.48. The van der Waals surface area contributed by atoms with Gasteiger partial charge in [-0.1, -0.05) is 42.1 Å². The Kier molecular flexibility index (Phi) is 6.66. The second-order valence-corrected chi connectivity index (χ2v) is 7.80. The van der Waals surface area contributed by atoms with E-state index >= 15 is 0 Å². The summed E-state index contributed by atoms with van der Waals surface area (Å²) in [6.07, 6.45) is 0.690. The van der Waals surface area contributed by atoms with E-state index in [-0.39, 0.29) is 11.2 Å². The number of carbonyl (C=O) groups excluding carboxylic acids is 2. The first-order chi connectivity index (χ1) is 14.0. The van der Waals surface area contributed by atoms with E-state index in [1.54, 1.807) is 24.3 Å². The van der Waals surface area contributed by atoms with Gasteiger partial charge in [-0.05, 0) is 43.7 Å². The molecule has 0 radical (unpaired) electrons. The van der Waals surface area contributed by atoms with E-state index in [4.69, 9.17) is 5.73 Å². The number of carbonyl (C=O) groups is 2. The number of primary amides is 1. The molecule has 0 spiro atoms. The van der Waals surface area contributed by atoms with Gasteiger partial charge in [0, 0.05) is 24.2 Å². The lowest BCUT2D eigenvalue weighted by molar-refractivity contribution is -0.115. The van der Waals surface area contributed by atoms with Gasteiger partial charge in [0.15, 0.2) is 5.16 Å². The van der Waals surface area contributed by atoms with Crippen molar-refractivity contribution in [2.24, 2.45) is 5.73 Å². The van der Waals surface area contributed by atoms with Crippen molar-refractivity contribution < 1.29 is 9.59 Å². The lowest BCUT2D eigenvalue weighted by Gasteiger charge is -2.13. The summed E-state index contributed by atoms with van der Waals surface area (Å²) < 4.78 is 2.03. The van der Waals surface area contributed by atoms with Gasteiger partial charge in [-0.3, -0.25) is 9.59 Å². The molecule has 1 aromatic heterocycles. The van der Waals surface area contributed by atoms with Gasteiger partial charge in [-0.15, -0.1) is 10.2 Å². The highest BCUT2D eigenvalue weighted by molar-refractivity contribution is 8.00. The third kappa shape index (κ3) is 5.23. The third-order valence-electron chi connectivity index (χ3n) is 4.40. The minimum Gasteiger partial charge on any atom is -0.366 e. The highest BCUT2D eigenvalue weighted by Crippen LogP contribution is 2.24. The van der Waals surface area contributed by atoms with Gasteiger partial charge in [0.05, 0.1) is 5.25 Å². The van der Waals surface area contributed by atoms with Gasteiger partial charge >= 0.3 is 0 Å². The smallest absolute Gasteiger partial charge is 0.248 e. The van der Waals surface area contributed by atoms with Crippen LogP contribution in [0.25, 0.3) is 0 Å². The van der Waals surface area contributed by atoms with Crippen LogP contribution >= 0.6 is 11.8 Å². The van der Waals surface area contributed by atoms with Crippen molar-refractivity contribution in [3.8, 4) is 0 Å². The summed E-state index contributed by atoms with van der Waals surface area (Å²) in [6.45, 7) is 4.58. The van der Waals surface area contributed by atoms with E-state index in [9.17, 15) is 9.59 Å². The summed E-state index contributed by atoms with van der Waals surface area (Å²) in [5.41, 5.74) is 7.40. The van der Waals surface area contributed by atoms with Crippen LogP contribution in [0.5, 0.6) is 0 Å². The Morgan fingerprint density at radius 2 is 1.79 bits per heavy atom. The van der Waals surface area contributed by atoms with E-state index in [0.717, 1.165) is 17.9 Å². The maximum atomic E-state index is 12.6. The predicted octanol–water partition coefficient (Wildman–Crippen LogP) is 3.11. The van der Waals surface area contributed by atoms with E-state index in [2.05, 4.69) is 27.6 Å². The molecular weight excluding hydrogens is 386 g/mol. The lowest BCUT2D eigenvalue weighted by atomic mass is 10.1. The molecule has 0 unspecified atom stereocenters. The van der Waals surface area contributed by atoms with Gasteiger partial charge in [0.25, 0.3) is 0 Å². The number of hydrogen-bond donors (Lipinski definition) is 2. The van der Waals surface area contributed by atoms with Gasteiger partial charge in [0.2, 0.25) is 11.8 Å². The minimum absolute atomic E-state index is 0.155. The Morgan fingerprint density at radius 3 is 2.41 bits per heavy atom. The zero-order valence-electron chi connectivity index (χ0n) is 16.3. The average Bonchev–Trinajstić information content (AvgIpc) is 3.10. The van der Waals surface area contributed by atoms with Crippen molar-refractivity contribution in [1.82, 2.24) is 14.8 Å². The quantitative estimate of drug-likeness (QED) is 0.557. The Bertz CT molecular complexity index is 986. The molecule has 150 valence electrons. The first kappa shape index (κ1) is 20.6. The molecule has 0 saturated carbocycles. The van der Waals surface area contributed by atoms with Crippen LogP contribution in [0.2, 0.25) is 0 Å². The Hall–Kier alpha value is -3.13. The van der Waals surface area contributed by atoms with E-state index in [0.29, 0.717) is 22.8 Å². The number of rotatable bonds is 8. The van der Waals surface area contributed by atoms with Gasteiger partial charge < -0.3 is 15.6 Å². The highest BCUT2D eigenvalue weighted by Gasteiger charge is 2.20. The molecule has 3 aromatic rings. The molecular formula is C21H23N5O2S. The Labute approximate surface area is 173 Å². The summed E-state index contributed by atoms with van der Waals surface area (Å²) in [4.78, 5) is 23.7. The van der Waals surface area contributed by atoms with Crippen LogP contribution in [-0.4, -0.2) is 31.8 Å². The number of nitrogens with two attached hydrogens (primary N) is 1. The van der Waals surface area contributed by atoms with Crippen molar-refractivity contribution >= 4 is 29.3 Å². The van der Waals surface area contributed by atoms with Gasteiger partial charge in [0.1, 0.15) is 5.82 Å². The van der Waals surface area contributed by atoms with E-state index in [1.807, 2.05) is 36.6 Å². The van der Waals surface area contributed by atoms with Crippen LogP contribution < -0.4 is 11.1 Å². The van der Waals surface area contributed by atoms with Crippen LogP contribution in [0.4, 0.5) is 5.69 Å². The number of hydrogen-bond acceptors (Lipinski definition) is 5. The summed E-state index contributed by atoms with van der Waals surface area (Å²) in [7, 11) is 0. The predicted molar refractivity (Wildman–Crippen MR) is 114 cm³/mol. The van der Waals surface area contributed by atoms with Crippen molar-refractivity contribution in [3.05, 3.63) is 71.5 Å². The fraction of sp³-hybridized carbons (Fsp3) is 0.238. The SMILES string of the molecule is CCn1c(Cc2ccccc2)nnc1S[C@H](C)C(=O)Nc1ccc(C(N)=O)cc1. The molecule has 1 atom stereocenters. The maximum Gasteiger partial charge on any atom is 0.248 e. The molecule has 2 aromatic carbocycles. The van der Waals surface area contributed by atoms with Crippen molar-refractivity contribution in [3.63, 3.8) is 0 Å². The van der Waals surface area contributed by atoms with E-state index < -0.39 is 5.91 Å². The molecule has 29 heavy (non-hydrogen) atoms. The lowest BCUT2D eigenvalue weighted by Crippen LogP contribution is -2.23. The summed E-state index contributed by atoms with van der Waals surface area (Å²) in [6, 6.07) is 16.6. The number of amides is 2.